The molecule has 0 N–H and O–H groups in total. The maximum Gasteiger partial charge on any atom is 0.187 e. The summed E-state index contributed by atoms with van der Waals surface area (Å²) in [7, 11) is -3.00. The summed E-state index contributed by atoms with van der Waals surface area (Å²) in [5.41, 5.74) is 0. The van der Waals surface area contributed by atoms with Crippen molar-refractivity contribution in [1.82, 2.24) is 0 Å². The Morgan fingerprint density at radius 3 is 1.84 bits per heavy atom. The van der Waals surface area contributed by atoms with Crippen molar-refractivity contribution < 1.29 is 8.85 Å². The standard InChI is InChI=1S/C15H34O2Si2/c1-9-18(5,6)16-14-11-12(3)13(4)15(14)17-19(7,8)10-2/h12-15H,9-11H2,1-8H3. The molecule has 0 aromatic carbocycles. The molecule has 4 atom stereocenters. The van der Waals surface area contributed by atoms with Crippen molar-refractivity contribution in [1.29, 1.82) is 0 Å². The maximum atomic E-state index is 6.57. The molecule has 2 nitrogen and oxygen atoms in total. The van der Waals surface area contributed by atoms with Gasteiger partial charge in [-0.25, -0.2) is 0 Å². The van der Waals surface area contributed by atoms with E-state index in [0.29, 0.717) is 18.1 Å². The predicted molar refractivity (Wildman–Crippen MR) is 88.6 cm³/mol. The van der Waals surface area contributed by atoms with E-state index >= 15 is 0 Å². The summed E-state index contributed by atoms with van der Waals surface area (Å²) in [5.74, 6) is 1.35. The van der Waals surface area contributed by atoms with E-state index in [1.165, 1.54) is 18.5 Å². The van der Waals surface area contributed by atoms with Crippen molar-refractivity contribution in [3.05, 3.63) is 0 Å². The van der Waals surface area contributed by atoms with Crippen LogP contribution < -0.4 is 0 Å². The van der Waals surface area contributed by atoms with E-state index in [0.717, 1.165) is 5.92 Å². The highest BCUT2D eigenvalue weighted by Crippen LogP contribution is 2.39. The molecule has 0 radical (unpaired) electrons. The van der Waals surface area contributed by atoms with E-state index in [1.54, 1.807) is 0 Å². The highest BCUT2D eigenvalue weighted by atomic mass is 28.4. The van der Waals surface area contributed by atoms with Crippen LogP contribution in [0.15, 0.2) is 0 Å². The van der Waals surface area contributed by atoms with Crippen LogP contribution in [-0.2, 0) is 8.85 Å². The van der Waals surface area contributed by atoms with Gasteiger partial charge in [0.05, 0.1) is 12.2 Å². The molecule has 1 saturated carbocycles. The third kappa shape index (κ3) is 4.69. The van der Waals surface area contributed by atoms with Crippen LogP contribution in [0.3, 0.4) is 0 Å². The molecule has 19 heavy (non-hydrogen) atoms. The first kappa shape index (κ1) is 17.4. The lowest BCUT2D eigenvalue weighted by Crippen LogP contribution is -2.45. The minimum absolute atomic E-state index is 0.329. The highest BCUT2D eigenvalue weighted by molar-refractivity contribution is 6.71. The maximum absolute atomic E-state index is 6.57. The van der Waals surface area contributed by atoms with Gasteiger partial charge in [0, 0.05) is 0 Å². The fourth-order valence-corrected chi connectivity index (χ4v) is 5.11. The smallest absolute Gasteiger partial charge is 0.187 e. The quantitative estimate of drug-likeness (QED) is 0.651. The summed E-state index contributed by atoms with van der Waals surface area (Å²) in [4.78, 5) is 0. The second-order valence-corrected chi connectivity index (χ2v) is 16.5. The van der Waals surface area contributed by atoms with Gasteiger partial charge < -0.3 is 8.85 Å². The van der Waals surface area contributed by atoms with Crippen LogP contribution in [0.2, 0.25) is 38.3 Å². The van der Waals surface area contributed by atoms with Gasteiger partial charge >= 0.3 is 0 Å². The Morgan fingerprint density at radius 1 is 0.895 bits per heavy atom. The van der Waals surface area contributed by atoms with Gasteiger partial charge in [-0.1, -0.05) is 27.7 Å². The number of hydrogen-bond acceptors (Lipinski definition) is 2. The van der Waals surface area contributed by atoms with Crippen LogP contribution in [0, 0.1) is 11.8 Å². The van der Waals surface area contributed by atoms with Crippen molar-refractivity contribution >= 4 is 16.6 Å². The SMILES string of the molecule is CC[Si](C)(C)OC1CC(C)C(C)C1O[Si](C)(C)CC. The lowest BCUT2D eigenvalue weighted by Gasteiger charge is -2.35. The largest absolute Gasteiger partial charge is 0.412 e. The molecule has 1 fully saturated rings. The molecule has 1 rings (SSSR count). The van der Waals surface area contributed by atoms with Gasteiger partial charge in [0.25, 0.3) is 0 Å². The molecule has 1 aliphatic carbocycles. The zero-order valence-electron chi connectivity index (χ0n) is 14.2. The summed E-state index contributed by atoms with van der Waals surface area (Å²) >= 11 is 0. The van der Waals surface area contributed by atoms with Crippen molar-refractivity contribution in [2.24, 2.45) is 11.8 Å². The van der Waals surface area contributed by atoms with E-state index < -0.39 is 16.6 Å². The van der Waals surface area contributed by atoms with E-state index in [9.17, 15) is 0 Å². The third-order valence-electron chi connectivity index (χ3n) is 5.01. The topological polar surface area (TPSA) is 18.5 Å². The Labute approximate surface area is 122 Å². The molecule has 0 bridgehead atoms. The molecular weight excluding hydrogens is 268 g/mol. The van der Waals surface area contributed by atoms with Crippen molar-refractivity contribution in [2.45, 2.75) is 84.6 Å². The molecule has 0 amide bonds. The van der Waals surface area contributed by atoms with E-state index in [-0.39, 0.29) is 0 Å². The Balaban J connectivity index is 2.78. The second kappa shape index (κ2) is 6.41. The zero-order chi connectivity index (χ0) is 14.8. The van der Waals surface area contributed by atoms with Crippen LogP contribution in [-0.4, -0.2) is 28.8 Å². The number of rotatable bonds is 6. The second-order valence-electron chi connectivity index (χ2n) is 7.54. The third-order valence-corrected chi connectivity index (χ3v) is 10.3. The molecule has 0 spiro atoms. The summed E-state index contributed by atoms with van der Waals surface area (Å²) in [6.45, 7) is 18.6. The highest BCUT2D eigenvalue weighted by Gasteiger charge is 2.44. The van der Waals surface area contributed by atoms with Gasteiger partial charge in [0.15, 0.2) is 16.6 Å². The molecule has 114 valence electrons. The van der Waals surface area contributed by atoms with Gasteiger partial charge in [-0.05, 0) is 56.5 Å². The van der Waals surface area contributed by atoms with Gasteiger partial charge in [-0.2, -0.15) is 0 Å². The Morgan fingerprint density at radius 2 is 1.37 bits per heavy atom. The minimum Gasteiger partial charge on any atom is -0.412 e. The minimum atomic E-state index is -1.51. The van der Waals surface area contributed by atoms with Crippen molar-refractivity contribution in [3.63, 3.8) is 0 Å². The van der Waals surface area contributed by atoms with Gasteiger partial charge in [-0.3, -0.25) is 0 Å². The fourth-order valence-electron chi connectivity index (χ4n) is 2.62. The first-order valence-electron chi connectivity index (χ1n) is 7.97. The number of hydrogen-bond donors (Lipinski definition) is 0. The first-order chi connectivity index (χ1) is 8.62. The summed E-state index contributed by atoms with van der Waals surface area (Å²) < 4.78 is 13.1. The van der Waals surface area contributed by atoms with Crippen molar-refractivity contribution in [2.75, 3.05) is 0 Å². The lowest BCUT2D eigenvalue weighted by atomic mass is 9.99. The molecule has 0 aliphatic heterocycles. The summed E-state index contributed by atoms with van der Waals surface area (Å²) in [5, 5.41) is 0. The normalized spacial score (nSPS) is 32.8. The Bertz CT molecular complexity index is 292. The first-order valence-corrected chi connectivity index (χ1v) is 14.2. The van der Waals surface area contributed by atoms with E-state index in [2.05, 4.69) is 53.9 Å². The average molecular weight is 303 g/mol. The molecule has 1 aliphatic rings. The fraction of sp³-hybridized carbons (Fsp3) is 1.00. The van der Waals surface area contributed by atoms with E-state index in [1.807, 2.05) is 0 Å². The van der Waals surface area contributed by atoms with Gasteiger partial charge in [0.2, 0.25) is 0 Å². The molecular formula is C15H34O2Si2. The average Bonchev–Trinajstić information content (AvgIpc) is 2.56. The van der Waals surface area contributed by atoms with Crippen LogP contribution in [0.1, 0.15) is 34.1 Å². The van der Waals surface area contributed by atoms with Crippen molar-refractivity contribution in [3.8, 4) is 0 Å². The van der Waals surface area contributed by atoms with Gasteiger partial charge in [0.1, 0.15) is 0 Å². The molecule has 4 heteroatoms. The predicted octanol–water partition coefficient (Wildman–Crippen LogP) is 4.88. The van der Waals surface area contributed by atoms with Crippen LogP contribution in [0.5, 0.6) is 0 Å². The Hall–Kier alpha value is 0.354. The molecule has 0 heterocycles. The lowest BCUT2D eigenvalue weighted by molar-refractivity contribution is 0.0453. The van der Waals surface area contributed by atoms with E-state index in [4.69, 9.17) is 8.85 Å². The van der Waals surface area contributed by atoms with Crippen LogP contribution >= 0.6 is 0 Å². The summed E-state index contributed by atoms with van der Waals surface area (Å²) in [6, 6.07) is 2.37. The van der Waals surface area contributed by atoms with Gasteiger partial charge in [-0.15, -0.1) is 0 Å². The molecule has 0 saturated heterocycles. The van der Waals surface area contributed by atoms with Crippen LogP contribution in [0.4, 0.5) is 0 Å². The molecule has 0 aromatic heterocycles. The summed E-state index contributed by atoms with van der Waals surface area (Å²) in [6.07, 6.45) is 1.84. The Kier molecular flexibility index (Phi) is 5.88. The molecule has 0 aromatic rings. The van der Waals surface area contributed by atoms with Crippen LogP contribution in [0.25, 0.3) is 0 Å². The monoisotopic (exact) mass is 302 g/mol. The zero-order valence-corrected chi connectivity index (χ0v) is 16.2. The molecule has 4 unspecified atom stereocenters.